The Morgan fingerprint density at radius 3 is 2.33 bits per heavy atom. The molecule has 0 aromatic rings. The van der Waals surface area contributed by atoms with Gasteiger partial charge in [-0.1, -0.05) is 26.2 Å². The summed E-state index contributed by atoms with van der Waals surface area (Å²) in [6.07, 6.45) is 9.76. The summed E-state index contributed by atoms with van der Waals surface area (Å²) in [6, 6.07) is 0. The van der Waals surface area contributed by atoms with Gasteiger partial charge >= 0.3 is 0 Å². The average Bonchev–Trinajstić information content (AvgIpc) is 2.40. The third-order valence-corrected chi connectivity index (χ3v) is 4.89. The Morgan fingerprint density at radius 1 is 1.17 bits per heavy atom. The Bertz CT molecular complexity index is 276. The molecule has 0 radical (unpaired) electrons. The van der Waals surface area contributed by atoms with Crippen molar-refractivity contribution in [3.8, 4) is 0 Å². The van der Waals surface area contributed by atoms with Gasteiger partial charge in [0, 0.05) is 5.92 Å². The van der Waals surface area contributed by atoms with E-state index < -0.39 is 0 Å². The molecular weight excluding hydrogens is 226 g/mol. The lowest BCUT2D eigenvalue weighted by Gasteiger charge is -2.38. The summed E-state index contributed by atoms with van der Waals surface area (Å²) < 4.78 is 0. The second-order valence-electron chi connectivity index (χ2n) is 6.45. The van der Waals surface area contributed by atoms with Gasteiger partial charge in [-0.2, -0.15) is 0 Å². The zero-order valence-electron chi connectivity index (χ0n) is 11.6. The second kappa shape index (κ2) is 6.05. The fourth-order valence-corrected chi connectivity index (χ4v) is 3.44. The van der Waals surface area contributed by atoms with Crippen LogP contribution in [0.2, 0.25) is 0 Å². The largest absolute Gasteiger partial charge is 0.394 e. The van der Waals surface area contributed by atoms with Gasteiger partial charge in [-0.3, -0.25) is 4.79 Å². The zero-order valence-corrected chi connectivity index (χ0v) is 11.6. The minimum absolute atomic E-state index is 0.0991. The molecule has 0 bridgehead atoms. The summed E-state index contributed by atoms with van der Waals surface area (Å²) in [5, 5.41) is 12.8. The van der Waals surface area contributed by atoms with Crippen LogP contribution >= 0.6 is 0 Å². The van der Waals surface area contributed by atoms with E-state index in [2.05, 4.69) is 12.2 Å². The number of carbonyl (C=O) groups is 1. The van der Waals surface area contributed by atoms with Crippen LogP contribution in [-0.2, 0) is 4.79 Å². The van der Waals surface area contributed by atoms with Gasteiger partial charge in [0.15, 0.2) is 0 Å². The van der Waals surface area contributed by atoms with Crippen LogP contribution in [0, 0.1) is 11.8 Å². The molecule has 1 amide bonds. The van der Waals surface area contributed by atoms with Crippen LogP contribution in [0.4, 0.5) is 0 Å². The van der Waals surface area contributed by atoms with Crippen LogP contribution in [-0.4, -0.2) is 23.2 Å². The molecule has 0 spiro atoms. The third kappa shape index (κ3) is 3.25. The average molecular weight is 253 g/mol. The van der Waals surface area contributed by atoms with Crippen LogP contribution < -0.4 is 5.32 Å². The zero-order chi connectivity index (χ0) is 13.0. The maximum absolute atomic E-state index is 12.3. The van der Waals surface area contributed by atoms with Gasteiger partial charge in [0.2, 0.25) is 5.91 Å². The lowest BCUT2D eigenvalue weighted by molar-refractivity contribution is -0.129. The molecule has 3 heteroatoms. The monoisotopic (exact) mass is 253 g/mol. The van der Waals surface area contributed by atoms with Crippen LogP contribution in [0.25, 0.3) is 0 Å². The third-order valence-electron chi connectivity index (χ3n) is 4.89. The molecule has 2 saturated carbocycles. The van der Waals surface area contributed by atoms with Crippen molar-refractivity contribution in [1.82, 2.24) is 5.32 Å². The number of aliphatic hydroxyl groups is 1. The molecule has 0 unspecified atom stereocenters. The molecule has 0 aromatic heterocycles. The molecule has 0 atom stereocenters. The summed E-state index contributed by atoms with van der Waals surface area (Å²) >= 11 is 0. The number of nitrogens with one attached hydrogen (secondary N) is 1. The minimum atomic E-state index is -0.307. The Morgan fingerprint density at radius 2 is 1.78 bits per heavy atom. The maximum Gasteiger partial charge on any atom is 0.223 e. The van der Waals surface area contributed by atoms with Gasteiger partial charge in [0.1, 0.15) is 0 Å². The predicted molar refractivity (Wildman–Crippen MR) is 72.2 cm³/mol. The predicted octanol–water partition coefficient (Wildman–Crippen LogP) is 2.62. The first kappa shape index (κ1) is 13.9. The molecule has 0 aromatic carbocycles. The molecule has 2 fully saturated rings. The normalized spacial score (nSPS) is 31.9. The van der Waals surface area contributed by atoms with Crippen molar-refractivity contribution in [3.63, 3.8) is 0 Å². The van der Waals surface area contributed by atoms with E-state index in [1.807, 2.05) is 0 Å². The summed E-state index contributed by atoms with van der Waals surface area (Å²) in [5.41, 5.74) is -0.307. The Kier molecular flexibility index (Phi) is 4.66. The van der Waals surface area contributed by atoms with E-state index in [0.717, 1.165) is 44.4 Å². The number of carbonyl (C=O) groups excluding carboxylic acids is 1. The van der Waals surface area contributed by atoms with Crippen molar-refractivity contribution < 1.29 is 9.90 Å². The first-order valence-electron chi connectivity index (χ1n) is 7.58. The van der Waals surface area contributed by atoms with Crippen molar-refractivity contribution in [1.29, 1.82) is 0 Å². The van der Waals surface area contributed by atoms with Gasteiger partial charge in [-0.05, 0) is 44.4 Å². The van der Waals surface area contributed by atoms with Crippen molar-refractivity contribution in [2.45, 2.75) is 70.3 Å². The fraction of sp³-hybridized carbons (Fsp3) is 0.933. The van der Waals surface area contributed by atoms with Crippen LogP contribution in [0.5, 0.6) is 0 Å². The molecule has 2 aliphatic carbocycles. The Balaban J connectivity index is 1.89. The highest BCUT2D eigenvalue weighted by Crippen LogP contribution is 2.31. The van der Waals surface area contributed by atoms with Gasteiger partial charge in [-0.25, -0.2) is 0 Å². The standard InChI is InChI=1S/C15H27NO2/c1-12-5-7-13(8-6-12)14(18)16-15(11-17)9-3-2-4-10-15/h12-13,17H,2-11H2,1H3,(H,16,18). The quantitative estimate of drug-likeness (QED) is 0.812. The smallest absolute Gasteiger partial charge is 0.223 e. The SMILES string of the molecule is CC1CCC(C(=O)NC2(CO)CCCCC2)CC1. The molecule has 2 N–H and O–H groups in total. The van der Waals surface area contributed by atoms with Gasteiger partial charge in [-0.15, -0.1) is 0 Å². The molecule has 0 heterocycles. The highest BCUT2D eigenvalue weighted by molar-refractivity contribution is 5.79. The topological polar surface area (TPSA) is 49.3 Å². The molecular formula is C15H27NO2. The molecule has 2 aliphatic rings. The highest BCUT2D eigenvalue weighted by Gasteiger charge is 2.35. The van der Waals surface area contributed by atoms with Crippen molar-refractivity contribution >= 4 is 5.91 Å². The Hall–Kier alpha value is -0.570. The highest BCUT2D eigenvalue weighted by atomic mass is 16.3. The van der Waals surface area contributed by atoms with E-state index in [9.17, 15) is 9.90 Å². The first-order valence-corrected chi connectivity index (χ1v) is 7.58. The van der Waals surface area contributed by atoms with Gasteiger partial charge in [0.25, 0.3) is 0 Å². The molecule has 104 valence electrons. The van der Waals surface area contributed by atoms with E-state index in [1.54, 1.807) is 0 Å². The second-order valence-corrected chi connectivity index (χ2v) is 6.45. The fourth-order valence-electron chi connectivity index (χ4n) is 3.44. The summed E-state index contributed by atoms with van der Waals surface area (Å²) in [7, 11) is 0. The Labute approximate surface area is 110 Å². The number of rotatable bonds is 3. The van der Waals surface area contributed by atoms with Crippen LogP contribution in [0.3, 0.4) is 0 Å². The minimum Gasteiger partial charge on any atom is -0.394 e. The van der Waals surface area contributed by atoms with E-state index in [0.29, 0.717) is 0 Å². The molecule has 18 heavy (non-hydrogen) atoms. The molecule has 0 aliphatic heterocycles. The van der Waals surface area contributed by atoms with E-state index in [4.69, 9.17) is 0 Å². The van der Waals surface area contributed by atoms with Gasteiger partial charge < -0.3 is 10.4 Å². The number of aliphatic hydroxyl groups excluding tert-OH is 1. The van der Waals surface area contributed by atoms with Crippen LogP contribution in [0.1, 0.15) is 64.7 Å². The molecule has 2 rings (SSSR count). The van der Waals surface area contributed by atoms with E-state index >= 15 is 0 Å². The van der Waals surface area contributed by atoms with Crippen molar-refractivity contribution in [2.75, 3.05) is 6.61 Å². The maximum atomic E-state index is 12.3. The number of amides is 1. The number of hydrogen-bond donors (Lipinski definition) is 2. The van der Waals surface area contributed by atoms with Gasteiger partial charge in [0.05, 0.1) is 12.1 Å². The first-order chi connectivity index (χ1) is 8.65. The lowest BCUT2D eigenvalue weighted by Crippen LogP contribution is -2.54. The van der Waals surface area contributed by atoms with Crippen molar-refractivity contribution in [3.05, 3.63) is 0 Å². The summed E-state index contributed by atoms with van der Waals surface area (Å²) in [5.74, 6) is 1.15. The molecule has 0 saturated heterocycles. The van der Waals surface area contributed by atoms with E-state index in [-0.39, 0.29) is 24.0 Å². The lowest BCUT2D eigenvalue weighted by atomic mass is 9.79. The summed E-state index contributed by atoms with van der Waals surface area (Å²) in [6.45, 7) is 2.37. The van der Waals surface area contributed by atoms with Crippen LogP contribution in [0.15, 0.2) is 0 Å². The molecule has 3 nitrogen and oxygen atoms in total. The van der Waals surface area contributed by atoms with E-state index in [1.165, 1.54) is 19.3 Å². The van der Waals surface area contributed by atoms with Crippen molar-refractivity contribution in [2.24, 2.45) is 11.8 Å². The summed E-state index contributed by atoms with van der Waals surface area (Å²) in [4.78, 5) is 12.3. The number of hydrogen-bond acceptors (Lipinski definition) is 2.